The van der Waals surface area contributed by atoms with E-state index in [1.807, 2.05) is 6.92 Å². The number of carbonyl (C=O) groups is 2. The number of hydrogen-bond donors (Lipinski definition) is 1. The molecule has 23 heavy (non-hydrogen) atoms. The molecule has 0 aromatic rings. The van der Waals surface area contributed by atoms with Crippen LogP contribution in [0.1, 0.15) is 34.6 Å². The quantitative estimate of drug-likeness (QED) is 0.335. The lowest BCUT2D eigenvalue weighted by Crippen LogP contribution is -2.66. The third kappa shape index (κ3) is 4.67. The van der Waals surface area contributed by atoms with E-state index in [0.717, 1.165) is 0 Å². The summed E-state index contributed by atoms with van der Waals surface area (Å²) in [6.07, 6.45) is 1.56. The minimum Gasteiger partial charge on any atom is -0.465 e. The van der Waals surface area contributed by atoms with Crippen molar-refractivity contribution in [1.82, 2.24) is 5.32 Å². The zero-order chi connectivity index (χ0) is 18.0. The number of esters is 1. The van der Waals surface area contributed by atoms with E-state index in [0.29, 0.717) is 0 Å². The van der Waals surface area contributed by atoms with Gasteiger partial charge in [-0.1, -0.05) is 26.8 Å². The standard InChI is InChI=1S/C17H31NO4Si/c1-9-13(10-21-12(3)19)15-14(16(20)18-15)11(2)22-23(7,8)17(4,5)6/h9,11,13-15H,1,10H2,2-8H3,(H,18,20)/t11-,13-,14-,15-/m1/s1. The summed E-state index contributed by atoms with van der Waals surface area (Å²) in [7, 11) is -1.94. The van der Waals surface area contributed by atoms with Crippen LogP contribution in [0.4, 0.5) is 0 Å². The highest BCUT2D eigenvalue weighted by Gasteiger charge is 2.49. The average molecular weight is 342 g/mol. The molecule has 0 aromatic carbocycles. The van der Waals surface area contributed by atoms with Crippen LogP contribution in [0.5, 0.6) is 0 Å². The first-order valence-corrected chi connectivity index (χ1v) is 11.1. The van der Waals surface area contributed by atoms with Crippen LogP contribution >= 0.6 is 0 Å². The van der Waals surface area contributed by atoms with Gasteiger partial charge in [0.05, 0.1) is 24.7 Å². The van der Waals surface area contributed by atoms with Crippen molar-refractivity contribution in [2.24, 2.45) is 11.8 Å². The summed E-state index contributed by atoms with van der Waals surface area (Å²) in [5.41, 5.74) is 0. The SMILES string of the molecule is C=C[C@H](COC(C)=O)[C@H]1NC(=O)[C@@H]1[C@@H](C)O[Si](C)(C)C(C)(C)C. The maximum atomic E-state index is 12.1. The zero-order valence-corrected chi connectivity index (χ0v) is 16.4. The number of carbonyl (C=O) groups excluding carboxylic acids is 2. The average Bonchev–Trinajstić information content (AvgIpc) is 2.35. The van der Waals surface area contributed by atoms with Crippen molar-refractivity contribution >= 4 is 20.2 Å². The van der Waals surface area contributed by atoms with E-state index in [4.69, 9.17) is 9.16 Å². The van der Waals surface area contributed by atoms with Gasteiger partial charge in [-0.05, 0) is 25.1 Å². The Morgan fingerprint density at radius 1 is 1.43 bits per heavy atom. The molecule has 6 heteroatoms. The first-order valence-electron chi connectivity index (χ1n) is 8.15. The van der Waals surface area contributed by atoms with Crippen molar-refractivity contribution in [2.45, 2.75) is 64.9 Å². The molecule has 4 atom stereocenters. The van der Waals surface area contributed by atoms with Crippen LogP contribution in [0.15, 0.2) is 12.7 Å². The highest BCUT2D eigenvalue weighted by Crippen LogP contribution is 2.39. The maximum Gasteiger partial charge on any atom is 0.302 e. The maximum absolute atomic E-state index is 12.1. The van der Waals surface area contributed by atoms with Gasteiger partial charge in [-0.3, -0.25) is 9.59 Å². The first-order chi connectivity index (χ1) is 10.4. The summed E-state index contributed by atoms with van der Waals surface area (Å²) in [4.78, 5) is 23.1. The highest BCUT2D eigenvalue weighted by atomic mass is 28.4. The van der Waals surface area contributed by atoms with Crippen LogP contribution < -0.4 is 5.32 Å². The minimum absolute atomic E-state index is 0.00381. The van der Waals surface area contributed by atoms with E-state index in [2.05, 4.69) is 45.8 Å². The summed E-state index contributed by atoms with van der Waals surface area (Å²) < 4.78 is 11.4. The Hall–Kier alpha value is -1.14. The molecular weight excluding hydrogens is 310 g/mol. The second-order valence-corrected chi connectivity index (χ2v) is 12.6. The van der Waals surface area contributed by atoms with E-state index in [-0.39, 0.29) is 47.5 Å². The number of ether oxygens (including phenoxy) is 1. The number of hydrogen-bond acceptors (Lipinski definition) is 4. The fourth-order valence-electron chi connectivity index (χ4n) is 2.54. The molecule has 1 amide bonds. The van der Waals surface area contributed by atoms with Gasteiger partial charge in [0.1, 0.15) is 0 Å². The van der Waals surface area contributed by atoms with Crippen LogP contribution in [-0.2, 0) is 18.8 Å². The molecule has 132 valence electrons. The number of rotatable bonds is 7. The van der Waals surface area contributed by atoms with Crippen molar-refractivity contribution in [1.29, 1.82) is 0 Å². The molecule has 5 nitrogen and oxygen atoms in total. The Labute approximate surface area is 140 Å². The lowest BCUT2D eigenvalue weighted by Gasteiger charge is -2.47. The lowest BCUT2D eigenvalue weighted by atomic mass is 9.78. The summed E-state index contributed by atoms with van der Waals surface area (Å²) in [6.45, 7) is 18.3. The molecule has 0 spiro atoms. The van der Waals surface area contributed by atoms with Crippen LogP contribution in [-0.4, -0.2) is 38.9 Å². The van der Waals surface area contributed by atoms with E-state index in [1.165, 1.54) is 6.92 Å². The fraction of sp³-hybridized carbons (Fsp3) is 0.765. The Balaban J connectivity index is 2.78. The minimum atomic E-state index is -1.94. The van der Waals surface area contributed by atoms with Crippen molar-refractivity contribution in [2.75, 3.05) is 6.61 Å². The molecule has 0 unspecified atom stereocenters. The number of amides is 1. The van der Waals surface area contributed by atoms with E-state index >= 15 is 0 Å². The molecule has 0 radical (unpaired) electrons. The van der Waals surface area contributed by atoms with Gasteiger partial charge >= 0.3 is 5.97 Å². The van der Waals surface area contributed by atoms with Gasteiger partial charge in [0.25, 0.3) is 0 Å². The van der Waals surface area contributed by atoms with Crippen LogP contribution in [0, 0.1) is 11.8 Å². The van der Waals surface area contributed by atoms with Crippen molar-refractivity contribution in [3.8, 4) is 0 Å². The monoisotopic (exact) mass is 341 g/mol. The van der Waals surface area contributed by atoms with Crippen molar-refractivity contribution in [3.63, 3.8) is 0 Å². The Kier molecular flexibility index (Phi) is 6.21. The summed E-state index contributed by atoms with van der Waals surface area (Å²) in [6, 6.07) is -0.0980. The van der Waals surface area contributed by atoms with Crippen LogP contribution in [0.25, 0.3) is 0 Å². The Morgan fingerprint density at radius 2 is 2.00 bits per heavy atom. The molecule has 0 aromatic heterocycles. The van der Waals surface area contributed by atoms with Crippen LogP contribution in [0.3, 0.4) is 0 Å². The third-order valence-electron chi connectivity index (χ3n) is 5.03. The Morgan fingerprint density at radius 3 is 2.39 bits per heavy atom. The Bertz CT molecular complexity index is 470. The topological polar surface area (TPSA) is 64.6 Å². The number of β-lactam (4-membered cyclic amide) rings is 1. The van der Waals surface area contributed by atoms with Gasteiger partial charge in [-0.2, -0.15) is 0 Å². The predicted molar refractivity (Wildman–Crippen MR) is 93.5 cm³/mol. The molecule has 1 aliphatic heterocycles. The van der Waals surface area contributed by atoms with Crippen molar-refractivity contribution < 1.29 is 18.8 Å². The molecule has 0 aliphatic carbocycles. The van der Waals surface area contributed by atoms with Gasteiger partial charge in [-0.15, -0.1) is 6.58 Å². The normalized spacial score (nSPS) is 24.2. The van der Waals surface area contributed by atoms with Gasteiger partial charge in [0.2, 0.25) is 5.91 Å². The smallest absolute Gasteiger partial charge is 0.302 e. The van der Waals surface area contributed by atoms with Gasteiger partial charge in [-0.25, -0.2) is 0 Å². The molecule has 1 heterocycles. The largest absolute Gasteiger partial charge is 0.465 e. The molecule has 1 fully saturated rings. The first kappa shape index (κ1) is 19.9. The summed E-state index contributed by atoms with van der Waals surface area (Å²) in [5.74, 6) is -0.671. The van der Waals surface area contributed by atoms with E-state index in [9.17, 15) is 9.59 Å². The number of nitrogens with one attached hydrogen (secondary N) is 1. The van der Waals surface area contributed by atoms with Gasteiger partial charge in [0, 0.05) is 12.8 Å². The highest BCUT2D eigenvalue weighted by molar-refractivity contribution is 6.74. The van der Waals surface area contributed by atoms with Gasteiger partial charge in [0.15, 0.2) is 8.32 Å². The molecule has 1 saturated heterocycles. The molecule has 1 N–H and O–H groups in total. The second kappa shape index (κ2) is 7.17. The van der Waals surface area contributed by atoms with Gasteiger partial charge < -0.3 is 14.5 Å². The third-order valence-corrected chi connectivity index (χ3v) is 9.61. The molecular formula is C17H31NO4Si. The zero-order valence-electron chi connectivity index (χ0n) is 15.4. The van der Waals surface area contributed by atoms with E-state index in [1.54, 1.807) is 6.08 Å². The molecule has 1 rings (SSSR count). The molecule has 1 aliphatic rings. The molecule has 0 saturated carbocycles. The predicted octanol–water partition coefficient (Wildman–Crippen LogP) is 2.88. The lowest BCUT2D eigenvalue weighted by molar-refractivity contribution is -0.146. The summed E-state index contributed by atoms with van der Waals surface area (Å²) in [5, 5.41) is 3.00. The van der Waals surface area contributed by atoms with Crippen LogP contribution in [0.2, 0.25) is 18.1 Å². The fourth-order valence-corrected chi connectivity index (χ4v) is 3.97. The van der Waals surface area contributed by atoms with E-state index < -0.39 is 8.32 Å². The molecule has 0 bridgehead atoms. The second-order valence-electron chi connectivity index (χ2n) is 7.85. The van der Waals surface area contributed by atoms with Crippen molar-refractivity contribution in [3.05, 3.63) is 12.7 Å². The summed E-state index contributed by atoms with van der Waals surface area (Å²) >= 11 is 0.